The molecule has 3 rings (SSSR count). The number of nitrogen functional groups attached to an aromatic ring is 1. The fraction of sp³-hybridized carbons (Fsp3) is 0.250. The van der Waals surface area contributed by atoms with E-state index in [0.717, 1.165) is 5.56 Å². The smallest absolute Gasteiger partial charge is 0.167 e. The zero-order chi connectivity index (χ0) is 15.5. The molecule has 0 radical (unpaired) electrons. The standard InChI is InChI=1S/C16H16FNO4/c1-19-14-7-11(17)12(18)8-15(14)22-9-10-3-2-4-13-16(10)21-6-5-20-13/h2-4,7-8H,5-6,9,18H2,1H3. The van der Waals surface area contributed by atoms with Gasteiger partial charge in [-0.2, -0.15) is 0 Å². The predicted octanol–water partition coefficient (Wildman–Crippen LogP) is 2.77. The minimum Gasteiger partial charge on any atom is -0.493 e. The second kappa shape index (κ2) is 6.01. The second-order valence-electron chi connectivity index (χ2n) is 4.75. The van der Waals surface area contributed by atoms with Crippen LogP contribution < -0.4 is 24.7 Å². The van der Waals surface area contributed by atoms with E-state index in [9.17, 15) is 4.39 Å². The van der Waals surface area contributed by atoms with Crippen LogP contribution in [-0.2, 0) is 6.61 Å². The molecular weight excluding hydrogens is 289 g/mol. The van der Waals surface area contributed by atoms with Crippen molar-refractivity contribution in [1.29, 1.82) is 0 Å². The Bertz CT molecular complexity index is 690. The Morgan fingerprint density at radius 2 is 2.00 bits per heavy atom. The third-order valence-corrected chi connectivity index (χ3v) is 3.31. The number of benzene rings is 2. The van der Waals surface area contributed by atoms with E-state index in [2.05, 4.69) is 0 Å². The van der Waals surface area contributed by atoms with Gasteiger partial charge in [-0.25, -0.2) is 4.39 Å². The Morgan fingerprint density at radius 1 is 1.18 bits per heavy atom. The van der Waals surface area contributed by atoms with Crippen molar-refractivity contribution >= 4 is 5.69 Å². The molecule has 0 saturated carbocycles. The van der Waals surface area contributed by atoms with Gasteiger partial charge in [-0.05, 0) is 6.07 Å². The number of ether oxygens (including phenoxy) is 4. The lowest BCUT2D eigenvalue weighted by Gasteiger charge is -2.21. The fourth-order valence-corrected chi connectivity index (χ4v) is 2.23. The van der Waals surface area contributed by atoms with Gasteiger partial charge in [0.15, 0.2) is 23.0 Å². The summed E-state index contributed by atoms with van der Waals surface area (Å²) in [6, 6.07) is 8.19. The molecule has 0 amide bonds. The molecule has 116 valence electrons. The first-order valence-corrected chi connectivity index (χ1v) is 6.82. The van der Waals surface area contributed by atoms with Crippen molar-refractivity contribution in [3.05, 3.63) is 41.7 Å². The molecule has 0 fully saturated rings. The quantitative estimate of drug-likeness (QED) is 0.880. The minimum absolute atomic E-state index is 0.00507. The predicted molar refractivity (Wildman–Crippen MR) is 79.1 cm³/mol. The van der Waals surface area contributed by atoms with Crippen molar-refractivity contribution in [3.63, 3.8) is 0 Å². The van der Waals surface area contributed by atoms with Crippen molar-refractivity contribution in [3.8, 4) is 23.0 Å². The average Bonchev–Trinajstić information content (AvgIpc) is 2.55. The van der Waals surface area contributed by atoms with E-state index in [0.29, 0.717) is 30.5 Å². The van der Waals surface area contributed by atoms with Crippen LogP contribution in [0.1, 0.15) is 5.56 Å². The lowest BCUT2D eigenvalue weighted by atomic mass is 10.2. The number of hydrogen-bond donors (Lipinski definition) is 1. The van der Waals surface area contributed by atoms with E-state index in [4.69, 9.17) is 24.7 Å². The van der Waals surface area contributed by atoms with Crippen molar-refractivity contribution in [2.45, 2.75) is 6.61 Å². The maximum absolute atomic E-state index is 13.4. The number of para-hydroxylation sites is 1. The highest BCUT2D eigenvalue weighted by atomic mass is 19.1. The Kier molecular flexibility index (Phi) is 3.91. The molecule has 0 aromatic heterocycles. The van der Waals surface area contributed by atoms with Gasteiger partial charge in [0.05, 0.1) is 12.8 Å². The molecule has 0 saturated heterocycles. The molecule has 0 spiro atoms. The molecular formula is C16H16FNO4. The first-order valence-electron chi connectivity index (χ1n) is 6.82. The number of fused-ring (bicyclic) bond motifs is 1. The highest BCUT2D eigenvalue weighted by Gasteiger charge is 2.17. The van der Waals surface area contributed by atoms with Gasteiger partial charge in [0, 0.05) is 17.7 Å². The van der Waals surface area contributed by atoms with E-state index in [1.54, 1.807) is 0 Å². The van der Waals surface area contributed by atoms with Crippen LogP contribution in [0.2, 0.25) is 0 Å². The van der Waals surface area contributed by atoms with Crippen LogP contribution in [0.25, 0.3) is 0 Å². The number of methoxy groups -OCH3 is 1. The molecule has 5 nitrogen and oxygen atoms in total. The number of rotatable bonds is 4. The van der Waals surface area contributed by atoms with Gasteiger partial charge in [0.1, 0.15) is 25.6 Å². The first-order chi connectivity index (χ1) is 10.7. The van der Waals surface area contributed by atoms with E-state index in [1.165, 1.54) is 19.2 Å². The normalized spacial score (nSPS) is 12.8. The van der Waals surface area contributed by atoms with Gasteiger partial charge >= 0.3 is 0 Å². The summed E-state index contributed by atoms with van der Waals surface area (Å²) in [5.74, 6) is 1.48. The van der Waals surface area contributed by atoms with E-state index in [-0.39, 0.29) is 18.0 Å². The maximum atomic E-state index is 13.4. The second-order valence-corrected chi connectivity index (χ2v) is 4.75. The molecule has 0 unspecified atom stereocenters. The van der Waals surface area contributed by atoms with Crippen molar-refractivity contribution < 1.29 is 23.3 Å². The van der Waals surface area contributed by atoms with Crippen molar-refractivity contribution in [1.82, 2.24) is 0 Å². The third-order valence-electron chi connectivity index (χ3n) is 3.31. The van der Waals surface area contributed by atoms with Crippen molar-refractivity contribution in [2.24, 2.45) is 0 Å². The molecule has 0 bridgehead atoms. The van der Waals surface area contributed by atoms with Crippen LogP contribution in [-0.4, -0.2) is 20.3 Å². The van der Waals surface area contributed by atoms with E-state index < -0.39 is 5.82 Å². The van der Waals surface area contributed by atoms with Gasteiger partial charge < -0.3 is 24.7 Å². The van der Waals surface area contributed by atoms with Crippen LogP contribution >= 0.6 is 0 Å². The summed E-state index contributed by atoms with van der Waals surface area (Å²) < 4.78 is 35.4. The zero-order valence-corrected chi connectivity index (χ0v) is 12.1. The molecule has 1 heterocycles. The fourth-order valence-electron chi connectivity index (χ4n) is 2.23. The molecule has 6 heteroatoms. The van der Waals surface area contributed by atoms with Crippen LogP contribution in [0.3, 0.4) is 0 Å². The van der Waals surface area contributed by atoms with Crippen LogP contribution in [0.15, 0.2) is 30.3 Å². The Balaban J connectivity index is 1.83. The number of nitrogens with two attached hydrogens (primary N) is 1. The van der Waals surface area contributed by atoms with Crippen LogP contribution in [0, 0.1) is 5.82 Å². The molecule has 0 aliphatic carbocycles. The lowest BCUT2D eigenvalue weighted by molar-refractivity contribution is 0.166. The first kappa shape index (κ1) is 14.3. The lowest BCUT2D eigenvalue weighted by Crippen LogP contribution is -2.17. The summed E-state index contributed by atoms with van der Waals surface area (Å²) in [5, 5.41) is 0. The third kappa shape index (κ3) is 2.72. The highest BCUT2D eigenvalue weighted by Crippen LogP contribution is 2.36. The summed E-state index contributed by atoms with van der Waals surface area (Å²) in [4.78, 5) is 0. The summed E-state index contributed by atoms with van der Waals surface area (Å²) in [6.07, 6.45) is 0. The molecule has 2 N–H and O–H groups in total. The molecule has 1 aliphatic rings. The largest absolute Gasteiger partial charge is 0.493 e. The average molecular weight is 305 g/mol. The minimum atomic E-state index is -0.543. The summed E-state index contributed by atoms with van der Waals surface area (Å²) >= 11 is 0. The summed E-state index contributed by atoms with van der Waals surface area (Å²) in [7, 11) is 1.44. The number of hydrogen-bond acceptors (Lipinski definition) is 5. The summed E-state index contributed by atoms with van der Waals surface area (Å²) in [5.41, 5.74) is 6.41. The van der Waals surface area contributed by atoms with Crippen LogP contribution in [0.4, 0.5) is 10.1 Å². The number of anilines is 1. The number of halogens is 1. The Hall–Kier alpha value is -2.63. The Labute approximate surface area is 127 Å². The van der Waals surface area contributed by atoms with E-state index >= 15 is 0 Å². The van der Waals surface area contributed by atoms with Gasteiger partial charge in [-0.15, -0.1) is 0 Å². The van der Waals surface area contributed by atoms with Gasteiger partial charge in [-0.1, -0.05) is 12.1 Å². The molecule has 2 aromatic rings. The molecule has 0 atom stereocenters. The highest BCUT2D eigenvalue weighted by molar-refractivity contribution is 5.53. The zero-order valence-electron chi connectivity index (χ0n) is 12.1. The van der Waals surface area contributed by atoms with Gasteiger partial charge in [0.2, 0.25) is 0 Å². The topological polar surface area (TPSA) is 62.9 Å². The maximum Gasteiger partial charge on any atom is 0.167 e. The monoisotopic (exact) mass is 305 g/mol. The Morgan fingerprint density at radius 3 is 2.82 bits per heavy atom. The SMILES string of the molecule is COc1cc(F)c(N)cc1OCc1cccc2c1OCCO2. The molecule has 2 aromatic carbocycles. The van der Waals surface area contributed by atoms with Gasteiger partial charge in [0.25, 0.3) is 0 Å². The van der Waals surface area contributed by atoms with E-state index in [1.807, 2.05) is 18.2 Å². The van der Waals surface area contributed by atoms with Crippen molar-refractivity contribution in [2.75, 3.05) is 26.1 Å². The van der Waals surface area contributed by atoms with Gasteiger partial charge in [-0.3, -0.25) is 0 Å². The summed E-state index contributed by atoms with van der Waals surface area (Å²) in [6.45, 7) is 1.25. The molecule has 22 heavy (non-hydrogen) atoms. The molecule has 1 aliphatic heterocycles. The van der Waals surface area contributed by atoms with Crippen LogP contribution in [0.5, 0.6) is 23.0 Å².